The van der Waals surface area contributed by atoms with E-state index in [0.29, 0.717) is 10.4 Å². The summed E-state index contributed by atoms with van der Waals surface area (Å²) in [5, 5.41) is 0.955. The van der Waals surface area contributed by atoms with Crippen LogP contribution in [0.3, 0.4) is 0 Å². The molecule has 2 aromatic carbocycles. The van der Waals surface area contributed by atoms with E-state index in [4.69, 9.17) is 0 Å². The molecule has 3 nitrogen and oxygen atoms in total. The average molecular weight is 349 g/mol. The second-order valence-electron chi connectivity index (χ2n) is 6.28. The van der Waals surface area contributed by atoms with Gasteiger partial charge in [0.1, 0.15) is 0 Å². The summed E-state index contributed by atoms with van der Waals surface area (Å²) in [6.45, 7) is 1.95. The highest BCUT2D eigenvalue weighted by Crippen LogP contribution is 2.33. The SMILES string of the molecule is Cc1ccc(S(=O)(=O)n2c3c(c4ccccc42)/C=C\CC/C=C\3)cc1. The van der Waals surface area contributed by atoms with E-state index in [-0.39, 0.29) is 0 Å². The van der Waals surface area contributed by atoms with Crippen LogP contribution in [0.2, 0.25) is 0 Å². The normalized spacial score (nSPS) is 16.8. The summed E-state index contributed by atoms with van der Waals surface area (Å²) in [4.78, 5) is 0.307. The molecule has 0 unspecified atom stereocenters. The number of aromatic nitrogens is 1. The van der Waals surface area contributed by atoms with E-state index in [0.717, 1.165) is 35.0 Å². The first-order valence-corrected chi connectivity index (χ1v) is 9.82. The number of hydrogen-bond acceptors (Lipinski definition) is 2. The van der Waals surface area contributed by atoms with E-state index in [1.807, 2.05) is 61.5 Å². The molecule has 0 radical (unpaired) electrons. The monoisotopic (exact) mass is 349 g/mol. The number of para-hydroxylation sites is 1. The smallest absolute Gasteiger partial charge is 0.233 e. The molecule has 1 aliphatic rings. The third kappa shape index (κ3) is 2.63. The molecule has 126 valence electrons. The number of rotatable bonds is 2. The molecule has 0 spiro atoms. The van der Waals surface area contributed by atoms with Crippen LogP contribution in [-0.2, 0) is 10.0 Å². The van der Waals surface area contributed by atoms with Crippen molar-refractivity contribution in [1.82, 2.24) is 3.97 Å². The molecule has 0 atom stereocenters. The molecule has 0 bridgehead atoms. The first-order valence-electron chi connectivity index (χ1n) is 8.38. The minimum Gasteiger partial charge on any atom is -0.233 e. The van der Waals surface area contributed by atoms with E-state index in [1.54, 1.807) is 12.1 Å². The zero-order valence-corrected chi connectivity index (χ0v) is 14.8. The number of fused-ring (bicyclic) bond motifs is 3. The minimum absolute atomic E-state index is 0.307. The molecular weight excluding hydrogens is 330 g/mol. The van der Waals surface area contributed by atoms with Gasteiger partial charge in [-0.05, 0) is 44.0 Å². The van der Waals surface area contributed by atoms with Crippen LogP contribution in [0, 0.1) is 6.92 Å². The van der Waals surface area contributed by atoms with Crippen molar-refractivity contribution < 1.29 is 8.42 Å². The Morgan fingerprint density at radius 2 is 1.56 bits per heavy atom. The van der Waals surface area contributed by atoms with Crippen LogP contribution in [0.4, 0.5) is 0 Å². The van der Waals surface area contributed by atoms with Crippen molar-refractivity contribution in [3.63, 3.8) is 0 Å². The Hall–Kier alpha value is -2.59. The van der Waals surface area contributed by atoms with Crippen molar-refractivity contribution in [3.05, 3.63) is 77.5 Å². The zero-order chi connectivity index (χ0) is 17.4. The summed E-state index contributed by atoms with van der Waals surface area (Å²) in [5.41, 5.74) is 3.43. The van der Waals surface area contributed by atoms with Gasteiger partial charge in [-0.2, -0.15) is 0 Å². The topological polar surface area (TPSA) is 39.1 Å². The van der Waals surface area contributed by atoms with E-state index in [9.17, 15) is 8.42 Å². The summed E-state index contributed by atoms with van der Waals surface area (Å²) < 4.78 is 28.3. The number of allylic oxidation sites excluding steroid dienone is 2. The van der Waals surface area contributed by atoms with E-state index in [1.165, 1.54) is 3.97 Å². The Balaban J connectivity index is 2.08. The van der Waals surface area contributed by atoms with Crippen LogP contribution < -0.4 is 0 Å². The Kier molecular flexibility index (Phi) is 3.85. The molecule has 0 saturated carbocycles. The highest BCUT2D eigenvalue weighted by molar-refractivity contribution is 7.90. The van der Waals surface area contributed by atoms with Gasteiger partial charge in [0.2, 0.25) is 0 Å². The lowest BCUT2D eigenvalue weighted by atomic mass is 10.1. The summed E-state index contributed by atoms with van der Waals surface area (Å²) in [7, 11) is -3.68. The van der Waals surface area contributed by atoms with Gasteiger partial charge in [0.15, 0.2) is 0 Å². The van der Waals surface area contributed by atoms with Crippen LogP contribution in [0.1, 0.15) is 29.7 Å². The molecule has 1 aliphatic carbocycles. The first-order chi connectivity index (χ1) is 12.1. The van der Waals surface area contributed by atoms with Gasteiger partial charge in [0.05, 0.1) is 16.1 Å². The van der Waals surface area contributed by atoms with Gasteiger partial charge in [-0.1, -0.05) is 54.1 Å². The molecule has 0 N–H and O–H groups in total. The molecule has 1 heterocycles. The molecule has 0 fully saturated rings. The van der Waals surface area contributed by atoms with Crippen molar-refractivity contribution in [2.75, 3.05) is 0 Å². The standard InChI is InChI=1S/C21H19NO2S/c1-16-12-14-17(15-13-16)25(23,24)22-20-10-5-3-2-4-8-18(20)19-9-6-7-11-21(19)22/h4-15H,2-3H2,1H3/b8-4-,10-5-. The van der Waals surface area contributed by atoms with Crippen molar-refractivity contribution in [1.29, 1.82) is 0 Å². The maximum Gasteiger partial charge on any atom is 0.268 e. The lowest BCUT2D eigenvalue weighted by Gasteiger charge is -2.11. The van der Waals surface area contributed by atoms with E-state index in [2.05, 4.69) is 6.08 Å². The van der Waals surface area contributed by atoms with Gasteiger partial charge >= 0.3 is 0 Å². The fourth-order valence-corrected chi connectivity index (χ4v) is 4.78. The van der Waals surface area contributed by atoms with Crippen LogP contribution in [0.15, 0.2) is 65.6 Å². The molecular formula is C21H19NO2S. The van der Waals surface area contributed by atoms with Gasteiger partial charge in [-0.25, -0.2) is 12.4 Å². The average Bonchev–Trinajstić information content (AvgIpc) is 2.88. The van der Waals surface area contributed by atoms with Gasteiger partial charge in [0.25, 0.3) is 10.0 Å². The van der Waals surface area contributed by atoms with E-state index < -0.39 is 10.0 Å². The number of benzene rings is 2. The predicted octanol–water partition coefficient (Wildman–Crippen LogP) is 5.01. The van der Waals surface area contributed by atoms with Crippen molar-refractivity contribution in [2.45, 2.75) is 24.7 Å². The number of hydrogen-bond donors (Lipinski definition) is 0. The first kappa shape index (κ1) is 15.9. The van der Waals surface area contributed by atoms with Crippen molar-refractivity contribution in [3.8, 4) is 0 Å². The van der Waals surface area contributed by atoms with Crippen LogP contribution in [-0.4, -0.2) is 12.4 Å². The zero-order valence-electron chi connectivity index (χ0n) is 14.0. The highest BCUT2D eigenvalue weighted by atomic mass is 32.2. The van der Waals surface area contributed by atoms with E-state index >= 15 is 0 Å². The van der Waals surface area contributed by atoms with Crippen LogP contribution in [0.25, 0.3) is 23.1 Å². The Bertz CT molecular complexity index is 1100. The van der Waals surface area contributed by atoms with Crippen LogP contribution >= 0.6 is 0 Å². The predicted molar refractivity (Wildman–Crippen MR) is 103 cm³/mol. The maximum absolute atomic E-state index is 13.4. The molecule has 3 aromatic rings. The maximum atomic E-state index is 13.4. The summed E-state index contributed by atoms with van der Waals surface area (Å²) in [6, 6.07) is 14.7. The molecule has 0 saturated heterocycles. The van der Waals surface area contributed by atoms with Crippen molar-refractivity contribution >= 4 is 33.1 Å². The minimum atomic E-state index is -3.68. The lowest BCUT2D eigenvalue weighted by Crippen LogP contribution is -2.14. The van der Waals surface area contributed by atoms with Gasteiger partial charge in [-0.3, -0.25) is 0 Å². The fourth-order valence-electron chi connectivity index (χ4n) is 3.25. The quantitative estimate of drug-likeness (QED) is 0.652. The molecule has 4 rings (SSSR count). The van der Waals surface area contributed by atoms with Crippen molar-refractivity contribution in [2.24, 2.45) is 0 Å². The Labute approximate surface area is 148 Å². The Morgan fingerprint density at radius 3 is 2.32 bits per heavy atom. The fraction of sp³-hybridized carbons (Fsp3) is 0.143. The third-order valence-corrected chi connectivity index (χ3v) is 6.27. The Morgan fingerprint density at radius 1 is 0.880 bits per heavy atom. The third-order valence-electron chi connectivity index (χ3n) is 4.53. The number of aryl methyl sites for hydroxylation is 1. The largest absolute Gasteiger partial charge is 0.268 e. The summed E-state index contributed by atoms with van der Waals surface area (Å²) in [5.74, 6) is 0. The molecule has 0 amide bonds. The van der Waals surface area contributed by atoms with Crippen LogP contribution in [0.5, 0.6) is 0 Å². The van der Waals surface area contributed by atoms with Gasteiger partial charge in [0, 0.05) is 10.9 Å². The second kappa shape index (κ2) is 6.05. The summed E-state index contributed by atoms with van der Waals surface area (Å²) in [6.07, 6.45) is 10.00. The summed E-state index contributed by atoms with van der Waals surface area (Å²) >= 11 is 0. The van der Waals surface area contributed by atoms with Gasteiger partial charge in [-0.15, -0.1) is 0 Å². The molecule has 25 heavy (non-hydrogen) atoms. The lowest BCUT2D eigenvalue weighted by molar-refractivity contribution is 0.588. The molecule has 4 heteroatoms. The molecule has 0 aliphatic heterocycles. The highest BCUT2D eigenvalue weighted by Gasteiger charge is 2.25. The van der Waals surface area contributed by atoms with Gasteiger partial charge < -0.3 is 0 Å². The number of nitrogens with zero attached hydrogens (tertiary/aromatic N) is 1. The molecule has 1 aromatic heterocycles. The second-order valence-corrected chi connectivity index (χ2v) is 8.07.